The summed E-state index contributed by atoms with van der Waals surface area (Å²) in [6.07, 6.45) is 0.814. The molecule has 0 fully saturated rings. The number of hydrogen-bond acceptors (Lipinski definition) is 3. The summed E-state index contributed by atoms with van der Waals surface area (Å²) < 4.78 is 18.6. The lowest BCUT2D eigenvalue weighted by Gasteiger charge is -2.20. The van der Waals surface area contributed by atoms with Crippen molar-refractivity contribution in [2.75, 3.05) is 25.0 Å². The van der Waals surface area contributed by atoms with E-state index in [0.717, 1.165) is 18.7 Å². The Hall–Kier alpha value is -2.56. The summed E-state index contributed by atoms with van der Waals surface area (Å²) >= 11 is 0. The predicted molar refractivity (Wildman–Crippen MR) is 98.4 cm³/mol. The van der Waals surface area contributed by atoms with Crippen molar-refractivity contribution in [3.63, 3.8) is 0 Å². The lowest BCUT2D eigenvalue weighted by molar-refractivity contribution is -0.128. The lowest BCUT2D eigenvalue weighted by atomic mass is 10.2. The third kappa shape index (κ3) is 6.10. The van der Waals surface area contributed by atoms with Crippen LogP contribution in [-0.2, 0) is 4.79 Å². The molecule has 1 amide bonds. The summed E-state index contributed by atoms with van der Waals surface area (Å²) in [5, 5.41) is 2.91. The molecular weight excluding hydrogens is 319 g/mol. The molecule has 0 radical (unpaired) electrons. The van der Waals surface area contributed by atoms with E-state index in [1.54, 1.807) is 0 Å². The van der Waals surface area contributed by atoms with Crippen LogP contribution in [0.1, 0.15) is 19.8 Å². The number of hydrogen-bond donors (Lipinski definition) is 1. The first kappa shape index (κ1) is 18.8. The average Bonchev–Trinajstić information content (AvgIpc) is 2.65. The Morgan fingerprint density at radius 2 is 1.84 bits per heavy atom. The van der Waals surface area contributed by atoms with Crippen molar-refractivity contribution in [3.8, 4) is 5.75 Å². The van der Waals surface area contributed by atoms with Gasteiger partial charge in [0.05, 0.1) is 0 Å². The summed E-state index contributed by atoms with van der Waals surface area (Å²) in [7, 11) is 2.03. The maximum absolute atomic E-state index is 12.9. The number of carbonyl (C=O) groups is 1. The molecule has 0 saturated heterocycles. The Morgan fingerprint density at radius 1 is 1.16 bits per heavy atom. The number of amides is 1. The highest BCUT2D eigenvalue weighted by Crippen LogP contribution is 2.14. The van der Waals surface area contributed by atoms with Gasteiger partial charge in [0.2, 0.25) is 0 Å². The Kier molecular flexibility index (Phi) is 7.26. The second kappa shape index (κ2) is 9.67. The molecule has 25 heavy (non-hydrogen) atoms. The van der Waals surface area contributed by atoms with Crippen LogP contribution in [0.4, 0.5) is 10.1 Å². The topological polar surface area (TPSA) is 41.6 Å². The van der Waals surface area contributed by atoms with Crippen molar-refractivity contribution < 1.29 is 13.9 Å². The van der Waals surface area contributed by atoms with Crippen molar-refractivity contribution >= 4 is 11.6 Å². The minimum Gasteiger partial charge on any atom is -0.481 e. The van der Waals surface area contributed by atoms with Crippen molar-refractivity contribution in [1.82, 2.24) is 5.32 Å². The van der Waals surface area contributed by atoms with E-state index in [1.807, 2.05) is 32.2 Å². The first-order valence-electron chi connectivity index (χ1n) is 8.56. The minimum atomic E-state index is -0.572. The molecule has 2 rings (SSSR count). The first-order chi connectivity index (χ1) is 12.1. The van der Waals surface area contributed by atoms with E-state index >= 15 is 0 Å². The largest absolute Gasteiger partial charge is 0.481 e. The van der Waals surface area contributed by atoms with Gasteiger partial charge in [-0.15, -0.1) is 0 Å². The van der Waals surface area contributed by atoms with E-state index in [9.17, 15) is 9.18 Å². The maximum atomic E-state index is 12.9. The van der Waals surface area contributed by atoms with Crippen LogP contribution in [0.15, 0.2) is 54.6 Å². The zero-order valence-corrected chi connectivity index (χ0v) is 14.7. The number of nitrogens with one attached hydrogen (secondary N) is 1. The van der Waals surface area contributed by atoms with E-state index in [-0.39, 0.29) is 11.7 Å². The third-order valence-electron chi connectivity index (χ3n) is 3.92. The van der Waals surface area contributed by atoms with Gasteiger partial charge in [-0.05, 0) is 49.2 Å². The van der Waals surface area contributed by atoms with Crippen molar-refractivity contribution in [1.29, 1.82) is 0 Å². The summed E-state index contributed by atoms with van der Waals surface area (Å²) in [6, 6.07) is 15.8. The van der Waals surface area contributed by atoms with E-state index in [0.29, 0.717) is 18.7 Å². The Labute approximate surface area is 148 Å². The number of para-hydroxylation sites is 1. The molecular formula is C20H25FN2O2. The highest BCUT2D eigenvalue weighted by molar-refractivity contribution is 5.81. The van der Waals surface area contributed by atoms with E-state index in [2.05, 4.69) is 22.3 Å². The number of rotatable bonds is 9. The Bertz CT molecular complexity index is 647. The molecule has 4 nitrogen and oxygen atoms in total. The molecule has 0 saturated carbocycles. The van der Waals surface area contributed by atoms with Gasteiger partial charge in [-0.25, -0.2) is 4.39 Å². The molecule has 0 aliphatic heterocycles. The summed E-state index contributed by atoms with van der Waals surface area (Å²) in [5.74, 6) is 0.0220. The van der Waals surface area contributed by atoms with Gasteiger partial charge in [0.1, 0.15) is 11.6 Å². The van der Waals surface area contributed by atoms with Crippen LogP contribution >= 0.6 is 0 Å². The van der Waals surface area contributed by atoms with Crippen LogP contribution < -0.4 is 15.0 Å². The van der Waals surface area contributed by atoms with E-state index in [4.69, 9.17) is 4.74 Å². The molecule has 0 aliphatic rings. The SMILES string of the molecule is CCC(Oc1ccc(F)cc1)C(=O)NCCCN(C)c1ccccc1. The number of carbonyl (C=O) groups excluding carboxylic acids is 1. The lowest BCUT2D eigenvalue weighted by Crippen LogP contribution is -2.39. The van der Waals surface area contributed by atoms with Crippen molar-refractivity contribution in [3.05, 3.63) is 60.4 Å². The predicted octanol–water partition coefficient (Wildman–Crippen LogP) is 3.63. The molecule has 0 heterocycles. The van der Waals surface area contributed by atoms with Gasteiger partial charge in [0.15, 0.2) is 6.10 Å². The van der Waals surface area contributed by atoms with Crippen LogP contribution in [0.25, 0.3) is 0 Å². The van der Waals surface area contributed by atoms with Gasteiger partial charge in [0, 0.05) is 25.8 Å². The van der Waals surface area contributed by atoms with E-state index in [1.165, 1.54) is 24.3 Å². The molecule has 134 valence electrons. The molecule has 0 aliphatic carbocycles. The average molecular weight is 344 g/mol. The van der Waals surface area contributed by atoms with Crippen molar-refractivity contribution in [2.45, 2.75) is 25.9 Å². The smallest absolute Gasteiger partial charge is 0.261 e. The normalized spacial score (nSPS) is 11.6. The van der Waals surface area contributed by atoms with Crippen molar-refractivity contribution in [2.24, 2.45) is 0 Å². The number of ether oxygens (including phenoxy) is 1. The fourth-order valence-electron chi connectivity index (χ4n) is 2.45. The number of anilines is 1. The fourth-order valence-corrected chi connectivity index (χ4v) is 2.45. The number of nitrogens with zero attached hydrogens (tertiary/aromatic N) is 1. The number of halogens is 1. The minimum absolute atomic E-state index is 0.144. The molecule has 0 bridgehead atoms. The zero-order valence-electron chi connectivity index (χ0n) is 14.7. The van der Waals surface area contributed by atoms with Gasteiger partial charge in [-0.2, -0.15) is 0 Å². The summed E-state index contributed by atoms with van der Waals surface area (Å²) in [6.45, 7) is 3.32. The molecule has 0 aromatic heterocycles. The van der Waals surface area contributed by atoms with Gasteiger partial charge in [0.25, 0.3) is 5.91 Å². The van der Waals surface area contributed by atoms with Crippen LogP contribution in [0, 0.1) is 5.82 Å². The summed E-state index contributed by atoms with van der Waals surface area (Å²) in [5.41, 5.74) is 1.15. The zero-order chi connectivity index (χ0) is 18.1. The standard InChI is InChI=1S/C20H25FN2O2/c1-3-19(25-18-12-10-16(21)11-13-18)20(24)22-14-7-15-23(2)17-8-5-4-6-9-17/h4-6,8-13,19H,3,7,14-15H2,1-2H3,(H,22,24). The highest BCUT2D eigenvalue weighted by Gasteiger charge is 2.17. The van der Waals surface area contributed by atoms with Crippen LogP contribution in [-0.4, -0.2) is 32.1 Å². The molecule has 2 aromatic rings. The molecule has 1 atom stereocenters. The van der Waals surface area contributed by atoms with E-state index < -0.39 is 6.10 Å². The quantitative estimate of drug-likeness (QED) is 0.707. The van der Waals surface area contributed by atoms with Gasteiger partial charge in [-0.3, -0.25) is 4.79 Å². The monoisotopic (exact) mass is 344 g/mol. The summed E-state index contributed by atoms with van der Waals surface area (Å²) in [4.78, 5) is 14.4. The van der Waals surface area contributed by atoms with Crippen LogP contribution in [0.2, 0.25) is 0 Å². The van der Waals surface area contributed by atoms with Gasteiger partial charge in [-0.1, -0.05) is 25.1 Å². The Morgan fingerprint density at radius 3 is 2.48 bits per heavy atom. The van der Waals surface area contributed by atoms with Crippen LogP contribution in [0.5, 0.6) is 5.75 Å². The fraction of sp³-hybridized carbons (Fsp3) is 0.350. The first-order valence-corrected chi connectivity index (χ1v) is 8.56. The Balaban J connectivity index is 1.73. The molecule has 1 N–H and O–H groups in total. The van der Waals surface area contributed by atoms with Crippen LogP contribution in [0.3, 0.4) is 0 Å². The number of benzene rings is 2. The van der Waals surface area contributed by atoms with Gasteiger partial charge >= 0.3 is 0 Å². The third-order valence-corrected chi connectivity index (χ3v) is 3.92. The maximum Gasteiger partial charge on any atom is 0.261 e. The second-order valence-electron chi connectivity index (χ2n) is 5.87. The second-order valence-corrected chi connectivity index (χ2v) is 5.87. The molecule has 5 heteroatoms. The van der Waals surface area contributed by atoms with Gasteiger partial charge < -0.3 is 15.0 Å². The molecule has 0 spiro atoms. The molecule has 2 aromatic carbocycles. The molecule has 1 unspecified atom stereocenters. The highest BCUT2D eigenvalue weighted by atomic mass is 19.1.